The van der Waals surface area contributed by atoms with Gasteiger partial charge in [-0.2, -0.15) is 0 Å². The van der Waals surface area contributed by atoms with Gasteiger partial charge in [0.2, 0.25) is 0 Å². The minimum absolute atomic E-state index is 0.184. The van der Waals surface area contributed by atoms with Crippen LogP contribution < -0.4 is 0 Å². The van der Waals surface area contributed by atoms with E-state index in [1.165, 1.54) is 18.4 Å². The van der Waals surface area contributed by atoms with Gasteiger partial charge in [0.15, 0.2) is 5.78 Å². The predicted molar refractivity (Wildman–Crippen MR) is 64.7 cm³/mol. The van der Waals surface area contributed by atoms with Crippen molar-refractivity contribution >= 4 is 5.78 Å². The molecule has 0 aromatic heterocycles. The molecule has 0 heterocycles. The largest absolute Gasteiger partial charge is 0.295 e. The highest BCUT2D eigenvalue weighted by Crippen LogP contribution is 2.42. The number of carbonyl (C=O) groups excluding carboxylic acids is 1. The summed E-state index contributed by atoms with van der Waals surface area (Å²) in [5, 5.41) is 0. The number of hydrogen-bond acceptors (Lipinski definition) is 1. The lowest BCUT2D eigenvalue weighted by Gasteiger charge is -2.37. The van der Waals surface area contributed by atoms with Crippen LogP contribution in [0.2, 0.25) is 0 Å². The summed E-state index contributed by atoms with van der Waals surface area (Å²) in [5.74, 6) is 0.610. The van der Waals surface area contributed by atoms with Crippen molar-refractivity contribution in [3.05, 3.63) is 23.3 Å². The molecule has 0 spiro atoms. The summed E-state index contributed by atoms with van der Waals surface area (Å²) in [5.41, 5.74) is 2.59. The second-order valence-corrected chi connectivity index (χ2v) is 5.36. The maximum absolute atomic E-state index is 11.2. The van der Waals surface area contributed by atoms with Crippen LogP contribution in [0, 0.1) is 11.3 Å². The molecule has 1 atom stereocenters. The van der Waals surface area contributed by atoms with Gasteiger partial charge in [0, 0.05) is 5.92 Å². The third-order valence-electron chi connectivity index (χ3n) is 3.56. The number of hydrogen-bond donors (Lipinski definition) is 0. The lowest BCUT2D eigenvalue weighted by Crippen LogP contribution is -2.26. The third kappa shape index (κ3) is 2.80. The molecule has 0 aliphatic heterocycles. The first-order valence-corrected chi connectivity index (χ1v) is 5.70. The Morgan fingerprint density at radius 2 is 2.07 bits per heavy atom. The first kappa shape index (κ1) is 12.2. The molecule has 84 valence electrons. The molecule has 0 saturated carbocycles. The van der Waals surface area contributed by atoms with Crippen LogP contribution in [0.3, 0.4) is 0 Å². The van der Waals surface area contributed by atoms with Crippen molar-refractivity contribution in [2.45, 2.75) is 47.5 Å². The predicted octanol–water partition coefficient (Wildman–Crippen LogP) is 3.90. The summed E-state index contributed by atoms with van der Waals surface area (Å²) in [7, 11) is 0. The standard InChI is InChI=1S/C14H22O/c1-10-7-6-8-14(4,5)13(10)9-11(2)12(3)15/h7,9,13H,6,8H2,1-5H3/b11-9-/t13-/m0/s1. The highest BCUT2D eigenvalue weighted by Gasteiger charge is 2.31. The smallest absolute Gasteiger partial charge is 0.155 e. The van der Waals surface area contributed by atoms with Gasteiger partial charge in [-0.05, 0) is 44.6 Å². The van der Waals surface area contributed by atoms with E-state index >= 15 is 0 Å². The third-order valence-corrected chi connectivity index (χ3v) is 3.56. The molecule has 0 aromatic rings. The number of rotatable bonds is 2. The van der Waals surface area contributed by atoms with Crippen LogP contribution in [0.5, 0.6) is 0 Å². The summed E-state index contributed by atoms with van der Waals surface area (Å²) in [6, 6.07) is 0. The first-order valence-electron chi connectivity index (χ1n) is 5.70. The number of ketones is 1. The molecule has 15 heavy (non-hydrogen) atoms. The Hall–Kier alpha value is -0.850. The quantitative estimate of drug-likeness (QED) is 0.494. The molecule has 1 nitrogen and oxygen atoms in total. The molecule has 0 saturated heterocycles. The van der Waals surface area contributed by atoms with Gasteiger partial charge in [-0.25, -0.2) is 0 Å². The Morgan fingerprint density at radius 1 is 1.47 bits per heavy atom. The topological polar surface area (TPSA) is 17.1 Å². The fourth-order valence-electron chi connectivity index (χ4n) is 2.30. The lowest BCUT2D eigenvalue weighted by atomic mass is 9.68. The van der Waals surface area contributed by atoms with E-state index in [9.17, 15) is 4.79 Å². The second-order valence-electron chi connectivity index (χ2n) is 5.36. The lowest BCUT2D eigenvalue weighted by molar-refractivity contribution is -0.113. The molecule has 0 unspecified atom stereocenters. The molecule has 0 aromatic carbocycles. The Morgan fingerprint density at radius 3 is 2.53 bits per heavy atom. The van der Waals surface area contributed by atoms with E-state index in [1.807, 2.05) is 6.92 Å². The van der Waals surface area contributed by atoms with E-state index in [4.69, 9.17) is 0 Å². The minimum atomic E-state index is 0.184. The molecular weight excluding hydrogens is 184 g/mol. The van der Waals surface area contributed by atoms with Crippen molar-refractivity contribution in [2.75, 3.05) is 0 Å². The van der Waals surface area contributed by atoms with Crippen molar-refractivity contribution in [2.24, 2.45) is 11.3 Å². The van der Waals surface area contributed by atoms with E-state index in [-0.39, 0.29) is 11.2 Å². The highest BCUT2D eigenvalue weighted by molar-refractivity contribution is 5.92. The molecule has 0 amide bonds. The number of carbonyl (C=O) groups is 1. The Labute approximate surface area is 93.3 Å². The Bertz CT molecular complexity index is 318. The molecule has 1 heteroatoms. The molecule has 1 aliphatic rings. The normalized spacial score (nSPS) is 26.1. The fourth-order valence-corrected chi connectivity index (χ4v) is 2.30. The van der Waals surface area contributed by atoms with Gasteiger partial charge in [-0.3, -0.25) is 4.79 Å². The molecule has 0 bridgehead atoms. The van der Waals surface area contributed by atoms with Crippen molar-refractivity contribution in [3.8, 4) is 0 Å². The molecular formula is C14H22O. The van der Waals surface area contributed by atoms with E-state index in [2.05, 4.69) is 32.9 Å². The van der Waals surface area contributed by atoms with Crippen LogP contribution in [0.25, 0.3) is 0 Å². The van der Waals surface area contributed by atoms with Crippen LogP contribution in [0.15, 0.2) is 23.3 Å². The average molecular weight is 206 g/mol. The van der Waals surface area contributed by atoms with Gasteiger partial charge in [-0.15, -0.1) is 0 Å². The van der Waals surface area contributed by atoms with E-state index in [0.717, 1.165) is 5.57 Å². The van der Waals surface area contributed by atoms with Gasteiger partial charge in [-0.1, -0.05) is 31.6 Å². The zero-order chi connectivity index (χ0) is 11.6. The molecule has 1 aliphatic carbocycles. The van der Waals surface area contributed by atoms with Gasteiger partial charge < -0.3 is 0 Å². The van der Waals surface area contributed by atoms with E-state index < -0.39 is 0 Å². The van der Waals surface area contributed by atoms with Gasteiger partial charge in [0.25, 0.3) is 0 Å². The van der Waals surface area contributed by atoms with Crippen molar-refractivity contribution < 1.29 is 4.79 Å². The molecule has 0 radical (unpaired) electrons. The minimum Gasteiger partial charge on any atom is -0.295 e. The van der Waals surface area contributed by atoms with Gasteiger partial charge in [0.05, 0.1) is 0 Å². The van der Waals surface area contributed by atoms with E-state index in [1.54, 1.807) is 6.92 Å². The van der Waals surface area contributed by atoms with Gasteiger partial charge >= 0.3 is 0 Å². The molecule has 1 rings (SSSR count). The van der Waals surface area contributed by atoms with Crippen LogP contribution in [0.1, 0.15) is 47.5 Å². The van der Waals surface area contributed by atoms with Crippen molar-refractivity contribution in [1.82, 2.24) is 0 Å². The summed E-state index contributed by atoms with van der Waals surface area (Å²) < 4.78 is 0. The highest BCUT2D eigenvalue weighted by atomic mass is 16.1. The summed E-state index contributed by atoms with van der Waals surface area (Å²) >= 11 is 0. The zero-order valence-corrected chi connectivity index (χ0v) is 10.6. The Balaban J connectivity index is 3.00. The molecule has 0 fully saturated rings. The van der Waals surface area contributed by atoms with Gasteiger partial charge in [0.1, 0.15) is 0 Å². The zero-order valence-electron chi connectivity index (χ0n) is 10.6. The maximum Gasteiger partial charge on any atom is 0.155 e. The summed E-state index contributed by atoms with van der Waals surface area (Å²) in [6.07, 6.45) is 6.83. The first-order chi connectivity index (χ1) is 6.84. The van der Waals surface area contributed by atoms with Crippen LogP contribution in [0.4, 0.5) is 0 Å². The fraction of sp³-hybridized carbons (Fsp3) is 0.643. The van der Waals surface area contributed by atoms with Crippen LogP contribution >= 0.6 is 0 Å². The summed E-state index contributed by atoms with van der Waals surface area (Å²) in [4.78, 5) is 11.2. The average Bonchev–Trinajstić information content (AvgIpc) is 2.10. The van der Waals surface area contributed by atoms with Crippen molar-refractivity contribution in [3.63, 3.8) is 0 Å². The summed E-state index contributed by atoms with van der Waals surface area (Å²) in [6.45, 7) is 10.3. The monoisotopic (exact) mass is 206 g/mol. The van der Waals surface area contributed by atoms with Crippen LogP contribution in [-0.2, 0) is 4.79 Å². The second kappa shape index (κ2) is 4.34. The van der Waals surface area contributed by atoms with E-state index in [0.29, 0.717) is 5.92 Å². The number of allylic oxidation sites excluding steroid dienone is 4. The SMILES string of the molecule is CC(=O)/C(C)=C\[C@H]1C(C)=CCCC1(C)C. The maximum atomic E-state index is 11.2. The van der Waals surface area contributed by atoms with Crippen molar-refractivity contribution in [1.29, 1.82) is 0 Å². The molecule has 0 N–H and O–H groups in total. The Kier molecular flexibility index (Phi) is 3.54. The van der Waals surface area contributed by atoms with Crippen LogP contribution in [-0.4, -0.2) is 5.78 Å². The number of Topliss-reactive ketones (excluding diaryl/α,β-unsaturated/α-hetero) is 1.